The number of para-hydroxylation sites is 1. The van der Waals surface area contributed by atoms with Crippen molar-refractivity contribution in [1.29, 1.82) is 0 Å². The van der Waals surface area contributed by atoms with Crippen molar-refractivity contribution in [1.82, 2.24) is 0 Å². The summed E-state index contributed by atoms with van der Waals surface area (Å²) in [5.41, 5.74) is 0.618. The van der Waals surface area contributed by atoms with E-state index in [2.05, 4.69) is 10.0 Å². The molecular weight excluding hydrogens is 391 g/mol. The first-order valence-corrected chi connectivity index (χ1v) is 9.65. The van der Waals surface area contributed by atoms with E-state index in [1.54, 1.807) is 30.3 Å². The first-order valence-electron chi connectivity index (χ1n) is 7.79. The van der Waals surface area contributed by atoms with Gasteiger partial charge in [0, 0.05) is 5.69 Å². The fourth-order valence-electron chi connectivity index (χ4n) is 2.33. The Balaban J connectivity index is 1.89. The van der Waals surface area contributed by atoms with Crippen molar-refractivity contribution in [2.45, 2.75) is 4.90 Å². The Labute approximate surface area is 160 Å². The fraction of sp³-hybridized carbons (Fsp3) is 0. The number of hydrogen-bond acceptors (Lipinski definition) is 3. The lowest BCUT2D eigenvalue weighted by Gasteiger charge is -2.11. The van der Waals surface area contributed by atoms with Crippen LogP contribution in [0, 0.1) is 5.82 Å². The number of amides is 1. The molecule has 0 aliphatic heterocycles. The van der Waals surface area contributed by atoms with Crippen LogP contribution in [0.5, 0.6) is 0 Å². The Bertz CT molecular complexity index is 1090. The zero-order valence-corrected chi connectivity index (χ0v) is 15.4. The summed E-state index contributed by atoms with van der Waals surface area (Å²) in [5, 5.41) is 2.75. The van der Waals surface area contributed by atoms with Crippen LogP contribution in [0.15, 0.2) is 77.7 Å². The lowest BCUT2D eigenvalue weighted by molar-refractivity contribution is 0.102. The number of benzene rings is 3. The van der Waals surface area contributed by atoms with Gasteiger partial charge in [0.05, 0.1) is 21.2 Å². The van der Waals surface area contributed by atoms with E-state index in [0.717, 1.165) is 6.07 Å². The normalized spacial score (nSPS) is 11.0. The summed E-state index contributed by atoms with van der Waals surface area (Å²) in [6, 6.07) is 17.5. The molecule has 0 atom stereocenters. The maximum atomic E-state index is 13.3. The van der Waals surface area contributed by atoms with E-state index in [-0.39, 0.29) is 21.2 Å². The van der Waals surface area contributed by atoms with E-state index in [4.69, 9.17) is 11.6 Å². The highest BCUT2D eigenvalue weighted by Gasteiger charge is 2.19. The summed E-state index contributed by atoms with van der Waals surface area (Å²) in [7, 11) is -4.03. The molecule has 138 valence electrons. The minimum absolute atomic E-state index is 0.00244. The van der Waals surface area contributed by atoms with Crippen molar-refractivity contribution < 1.29 is 17.6 Å². The van der Waals surface area contributed by atoms with Crippen molar-refractivity contribution in [2.75, 3.05) is 10.0 Å². The van der Waals surface area contributed by atoms with E-state index < -0.39 is 21.7 Å². The summed E-state index contributed by atoms with van der Waals surface area (Å²) in [5.74, 6) is -1.12. The smallest absolute Gasteiger partial charge is 0.261 e. The van der Waals surface area contributed by atoms with Gasteiger partial charge in [0.2, 0.25) is 0 Å². The van der Waals surface area contributed by atoms with Crippen molar-refractivity contribution in [3.05, 3.63) is 89.2 Å². The van der Waals surface area contributed by atoms with E-state index in [0.29, 0.717) is 5.69 Å². The van der Waals surface area contributed by atoms with Crippen molar-refractivity contribution in [2.24, 2.45) is 0 Å². The molecule has 0 aliphatic carbocycles. The quantitative estimate of drug-likeness (QED) is 0.655. The molecule has 0 aliphatic rings. The molecule has 0 saturated heterocycles. The second kappa shape index (κ2) is 7.77. The molecule has 0 spiro atoms. The maximum absolute atomic E-state index is 13.3. The Morgan fingerprint density at radius 3 is 2.30 bits per heavy atom. The van der Waals surface area contributed by atoms with Crippen LogP contribution in [-0.4, -0.2) is 14.3 Å². The molecule has 0 heterocycles. The van der Waals surface area contributed by atoms with Crippen LogP contribution in [0.25, 0.3) is 0 Å². The van der Waals surface area contributed by atoms with Crippen LogP contribution < -0.4 is 10.0 Å². The molecule has 3 rings (SSSR count). The Kier molecular flexibility index (Phi) is 5.43. The summed E-state index contributed by atoms with van der Waals surface area (Å²) in [6.45, 7) is 0. The third-order valence-corrected chi connectivity index (χ3v) is 5.31. The van der Waals surface area contributed by atoms with Crippen LogP contribution >= 0.6 is 11.6 Å². The summed E-state index contributed by atoms with van der Waals surface area (Å²) in [6.07, 6.45) is 0. The number of carbonyl (C=O) groups is 1. The molecule has 5 nitrogen and oxygen atoms in total. The number of rotatable bonds is 5. The lowest BCUT2D eigenvalue weighted by atomic mass is 10.2. The van der Waals surface area contributed by atoms with E-state index in [1.165, 1.54) is 36.4 Å². The largest absolute Gasteiger partial charge is 0.322 e. The van der Waals surface area contributed by atoms with Gasteiger partial charge in [-0.1, -0.05) is 35.9 Å². The number of carbonyl (C=O) groups excluding carboxylic acids is 1. The monoisotopic (exact) mass is 404 g/mol. The Morgan fingerprint density at radius 1 is 0.889 bits per heavy atom. The molecule has 0 radical (unpaired) electrons. The minimum Gasteiger partial charge on any atom is -0.322 e. The summed E-state index contributed by atoms with van der Waals surface area (Å²) in [4.78, 5) is 12.3. The van der Waals surface area contributed by atoms with Crippen molar-refractivity contribution >= 4 is 38.9 Å². The van der Waals surface area contributed by atoms with Gasteiger partial charge in [0.15, 0.2) is 0 Å². The fourth-order valence-corrected chi connectivity index (χ4v) is 3.61. The van der Waals surface area contributed by atoms with Crippen LogP contribution in [0.3, 0.4) is 0 Å². The molecule has 3 aromatic rings. The van der Waals surface area contributed by atoms with E-state index in [9.17, 15) is 17.6 Å². The highest BCUT2D eigenvalue weighted by Crippen LogP contribution is 2.24. The molecule has 0 saturated carbocycles. The second-order valence-corrected chi connectivity index (χ2v) is 7.67. The molecule has 0 bridgehead atoms. The summed E-state index contributed by atoms with van der Waals surface area (Å²) >= 11 is 6.06. The van der Waals surface area contributed by atoms with Gasteiger partial charge in [-0.05, 0) is 48.5 Å². The van der Waals surface area contributed by atoms with Gasteiger partial charge in [-0.15, -0.1) is 0 Å². The lowest BCUT2D eigenvalue weighted by Crippen LogP contribution is -2.16. The third-order valence-electron chi connectivity index (χ3n) is 3.60. The maximum Gasteiger partial charge on any atom is 0.261 e. The predicted octanol–water partition coefficient (Wildman–Crippen LogP) is 4.53. The summed E-state index contributed by atoms with van der Waals surface area (Å²) < 4.78 is 40.6. The topological polar surface area (TPSA) is 75.3 Å². The average molecular weight is 405 g/mol. The number of nitrogens with one attached hydrogen (secondary N) is 2. The molecule has 0 aromatic heterocycles. The first-order chi connectivity index (χ1) is 12.8. The van der Waals surface area contributed by atoms with Gasteiger partial charge in [0.25, 0.3) is 15.9 Å². The molecule has 0 unspecified atom stereocenters. The zero-order chi connectivity index (χ0) is 19.4. The van der Waals surface area contributed by atoms with Gasteiger partial charge >= 0.3 is 0 Å². The highest BCUT2D eigenvalue weighted by atomic mass is 35.5. The number of sulfonamides is 1. The van der Waals surface area contributed by atoms with Gasteiger partial charge in [-0.3, -0.25) is 9.52 Å². The zero-order valence-electron chi connectivity index (χ0n) is 13.8. The standard InChI is InChI=1S/C19H14ClFN2O3S/c20-18-10-9-16(27(25,26)23-15-8-4-5-13(21)11-15)12-17(18)19(24)22-14-6-2-1-3-7-14/h1-12,23H,(H,22,24). The third kappa shape index (κ3) is 4.64. The van der Waals surface area contributed by atoms with Crippen LogP contribution in [0.2, 0.25) is 5.02 Å². The SMILES string of the molecule is O=C(Nc1ccccc1)c1cc(S(=O)(=O)Nc2cccc(F)c2)ccc1Cl. The Hall–Kier alpha value is -2.90. The molecule has 0 fully saturated rings. The second-order valence-electron chi connectivity index (χ2n) is 5.58. The van der Waals surface area contributed by atoms with Crippen molar-refractivity contribution in [3.8, 4) is 0 Å². The van der Waals surface area contributed by atoms with Crippen LogP contribution in [0.1, 0.15) is 10.4 Å². The van der Waals surface area contributed by atoms with Gasteiger partial charge in [-0.2, -0.15) is 0 Å². The van der Waals surface area contributed by atoms with Crippen LogP contribution in [0.4, 0.5) is 15.8 Å². The molecule has 3 aromatic carbocycles. The number of hydrogen-bond donors (Lipinski definition) is 2. The number of halogens is 2. The number of anilines is 2. The van der Waals surface area contributed by atoms with E-state index in [1.807, 2.05) is 0 Å². The van der Waals surface area contributed by atoms with Gasteiger partial charge in [-0.25, -0.2) is 12.8 Å². The predicted molar refractivity (Wildman–Crippen MR) is 103 cm³/mol. The van der Waals surface area contributed by atoms with Crippen molar-refractivity contribution in [3.63, 3.8) is 0 Å². The molecule has 8 heteroatoms. The van der Waals surface area contributed by atoms with Gasteiger partial charge < -0.3 is 5.32 Å². The van der Waals surface area contributed by atoms with Gasteiger partial charge in [0.1, 0.15) is 5.82 Å². The minimum atomic E-state index is -4.03. The molecule has 27 heavy (non-hydrogen) atoms. The Morgan fingerprint density at radius 2 is 1.59 bits per heavy atom. The van der Waals surface area contributed by atoms with Crippen LogP contribution in [-0.2, 0) is 10.0 Å². The average Bonchev–Trinajstić information content (AvgIpc) is 2.62. The molecule has 2 N–H and O–H groups in total. The highest BCUT2D eigenvalue weighted by molar-refractivity contribution is 7.92. The first kappa shape index (κ1) is 18.9. The molecule has 1 amide bonds. The molecular formula is C19H14ClFN2O3S. The van der Waals surface area contributed by atoms with E-state index >= 15 is 0 Å².